The Morgan fingerprint density at radius 1 is 0.829 bits per heavy atom. The lowest BCUT2D eigenvalue weighted by atomic mass is 9.55. The van der Waals surface area contributed by atoms with Crippen LogP contribution < -0.4 is 5.32 Å². The summed E-state index contributed by atoms with van der Waals surface area (Å²) in [5, 5.41) is 2.75. The molecule has 0 spiro atoms. The molecule has 0 radical (unpaired) electrons. The minimum absolute atomic E-state index is 0.245. The summed E-state index contributed by atoms with van der Waals surface area (Å²) in [6.07, 6.45) is 1.71. The summed E-state index contributed by atoms with van der Waals surface area (Å²) in [6, 6.07) is 20.6. The summed E-state index contributed by atoms with van der Waals surface area (Å²) >= 11 is 0. The van der Waals surface area contributed by atoms with Crippen LogP contribution in [0.3, 0.4) is 0 Å². The maximum absolute atomic E-state index is 14.1. The number of ether oxygens (including phenoxy) is 1. The lowest BCUT2D eigenvalue weighted by Gasteiger charge is -2.45. The van der Waals surface area contributed by atoms with Crippen molar-refractivity contribution in [3.05, 3.63) is 100 Å². The van der Waals surface area contributed by atoms with Gasteiger partial charge < -0.3 is 10.1 Å². The van der Waals surface area contributed by atoms with Crippen LogP contribution in [0.1, 0.15) is 71.4 Å². The second-order valence-corrected chi connectivity index (χ2v) is 11.4. The van der Waals surface area contributed by atoms with Crippen molar-refractivity contribution in [2.75, 3.05) is 11.9 Å². The molecule has 210 valence electrons. The Labute approximate surface area is 239 Å². The smallest absolute Gasteiger partial charge is 0.329 e. The number of nitrogens with one attached hydrogen (secondary N) is 1. The summed E-state index contributed by atoms with van der Waals surface area (Å²) in [5.41, 5.74) is 7.07. The molecule has 1 saturated heterocycles. The predicted octanol–water partition coefficient (Wildman–Crippen LogP) is 5.24. The Balaban J connectivity index is 1.25. The van der Waals surface area contributed by atoms with E-state index < -0.39 is 36.4 Å². The number of hydrogen-bond acceptors (Lipinski definition) is 5. The molecule has 2 bridgehead atoms. The zero-order valence-electron chi connectivity index (χ0n) is 23.6. The largest absolute Gasteiger partial charge is 0.454 e. The highest BCUT2D eigenvalue weighted by atomic mass is 16.5. The standard InChI is InChI=1S/C34H34N2O5/c1-4-5-14-26(34(40)41-18-27(37)35-21-16-15-19(2)20(3)17-21)36-32(38)30-28-22-10-6-7-11-23(22)29(31(30)33(36)39)25-13-9-8-12-24(25)28/h6-13,15-17,26,28-31H,4-5,14,18H2,1-3H3,(H,35,37)/t26-,28?,29?,30-,31-/m1/s1. The van der Waals surface area contributed by atoms with Crippen LogP contribution in [0.25, 0.3) is 0 Å². The second-order valence-electron chi connectivity index (χ2n) is 11.4. The van der Waals surface area contributed by atoms with Crippen molar-refractivity contribution in [3.63, 3.8) is 0 Å². The molecule has 3 amide bonds. The summed E-state index contributed by atoms with van der Waals surface area (Å²) in [7, 11) is 0. The van der Waals surface area contributed by atoms with Gasteiger partial charge in [0.25, 0.3) is 5.91 Å². The van der Waals surface area contributed by atoms with Gasteiger partial charge >= 0.3 is 5.97 Å². The topological polar surface area (TPSA) is 92.8 Å². The van der Waals surface area contributed by atoms with Crippen molar-refractivity contribution in [2.45, 2.75) is 57.9 Å². The van der Waals surface area contributed by atoms with Gasteiger partial charge in [-0.15, -0.1) is 0 Å². The van der Waals surface area contributed by atoms with Crippen molar-refractivity contribution in [3.8, 4) is 0 Å². The Morgan fingerprint density at radius 3 is 1.85 bits per heavy atom. The summed E-state index contributed by atoms with van der Waals surface area (Å²) in [5.74, 6) is -3.47. The van der Waals surface area contributed by atoms with Gasteiger partial charge in [0, 0.05) is 17.5 Å². The maximum atomic E-state index is 14.1. The fourth-order valence-electron chi connectivity index (χ4n) is 7.01. The van der Waals surface area contributed by atoms with E-state index in [1.807, 2.05) is 57.2 Å². The van der Waals surface area contributed by atoms with Gasteiger partial charge in [0.1, 0.15) is 6.04 Å². The number of unbranched alkanes of at least 4 members (excludes halogenated alkanes) is 1. The summed E-state index contributed by atoms with van der Waals surface area (Å²) < 4.78 is 5.45. The molecular weight excluding hydrogens is 516 g/mol. The van der Waals surface area contributed by atoms with Gasteiger partial charge in [0.15, 0.2) is 6.61 Å². The fraction of sp³-hybridized carbons (Fsp3) is 0.353. The van der Waals surface area contributed by atoms with E-state index in [-0.39, 0.29) is 23.7 Å². The molecular formula is C34H34N2O5. The highest BCUT2D eigenvalue weighted by Gasteiger charge is 2.63. The molecule has 1 fully saturated rings. The van der Waals surface area contributed by atoms with Gasteiger partial charge in [-0.2, -0.15) is 0 Å². The van der Waals surface area contributed by atoms with Crippen LogP contribution in [-0.2, 0) is 23.9 Å². The zero-order valence-corrected chi connectivity index (χ0v) is 23.6. The van der Waals surface area contributed by atoms with Crippen molar-refractivity contribution in [1.29, 1.82) is 0 Å². The van der Waals surface area contributed by atoms with Crippen molar-refractivity contribution in [1.82, 2.24) is 4.90 Å². The highest BCUT2D eigenvalue weighted by molar-refractivity contribution is 6.10. The number of esters is 1. The first-order chi connectivity index (χ1) is 19.8. The number of aryl methyl sites for hydroxylation is 2. The lowest BCUT2D eigenvalue weighted by Crippen LogP contribution is -2.47. The van der Waals surface area contributed by atoms with Gasteiger partial charge in [-0.25, -0.2) is 4.79 Å². The number of amides is 3. The van der Waals surface area contributed by atoms with E-state index in [2.05, 4.69) is 29.6 Å². The lowest BCUT2D eigenvalue weighted by molar-refractivity contribution is -0.160. The quantitative estimate of drug-likeness (QED) is 0.306. The van der Waals surface area contributed by atoms with E-state index in [9.17, 15) is 19.2 Å². The molecule has 7 nitrogen and oxygen atoms in total. The molecule has 7 rings (SSSR count). The van der Waals surface area contributed by atoms with Gasteiger partial charge in [-0.05, 0) is 65.8 Å². The van der Waals surface area contributed by atoms with Gasteiger partial charge in [0.2, 0.25) is 11.8 Å². The summed E-state index contributed by atoms with van der Waals surface area (Å²) in [6.45, 7) is 5.42. The summed E-state index contributed by atoms with van der Waals surface area (Å²) in [4.78, 5) is 55.5. The molecule has 3 aromatic rings. The van der Waals surface area contributed by atoms with Crippen LogP contribution >= 0.6 is 0 Å². The molecule has 7 heteroatoms. The monoisotopic (exact) mass is 550 g/mol. The molecule has 41 heavy (non-hydrogen) atoms. The molecule has 1 heterocycles. The number of carbonyl (C=O) groups is 4. The number of hydrogen-bond donors (Lipinski definition) is 1. The number of carbonyl (C=O) groups excluding carboxylic acids is 4. The van der Waals surface area contributed by atoms with Crippen molar-refractivity contribution in [2.24, 2.45) is 11.8 Å². The third kappa shape index (κ3) is 4.44. The zero-order chi connectivity index (χ0) is 28.8. The first kappa shape index (κ1) is 26.9. The van der Waals surface area contributed by atoms with Crippen LogP contribution in [0.2, 0.25) is 0 Å². The van der Waals surface area contributed by atoms with Gasteiger partial charge in [0.05, 0.1) is 11.8 Å². The molecule has 3 aliphatic carbocycles. The van der Waals surface area contributed by atoms with E-state index in [4.69, 9.17) is 4.74 Å². The molecule has 1 aliphatic heterocycles. The SMILES string of the molecule is CCCC[C@H](C(=O)OCC(=O)Nc1ccc(C)c(C)c1)N1C(=O)[C@@H]2C3c4ccccc4C(c4ccccc43)[C@H]2C1=O. The number of benzene rings is 3. The first-order valence-corrected chi connectivity index (χ1v) is 14.4. The van der Waals surface area contributed by atoms with Crippen LogP contribution in [0.5, 0.6) is 0 Å². The number of rotatable bonds is 8. The average Bonchev–Trinajstić information content (AvgIpc) is 3.24. The minimum Gasteiger partial charge on any atom is -0.454 e. The van der Waals surface area contributed by atoms with Crippen LogP contribution in [0.15, 0.2) is 66.7 Å². The minimum atomic E-state index is -1.07. The average molecular weight is 551 g/mol. The normalized spacial score (nSPS) is 22.6. The van der Waals surface area contributed by atoms with E-state index in [0.29, 0.717) is 18.5 Å². The van der Waals surface area contributed by atoms with E-state index in [0.717, 1.165) is 39.8 Å². The molecule has 3 atom stereocenters. The Morgan fingerprint density at radius 2 is 1.37 bits per heavy atom. The second kappa shape index (κ2) is 10.6. The Bertz CT molecular complexity index is 1450. The third-order valence-electron chi connectivity index (χ3n) is 9.03. The Kier molecular flexibility index (Phi) is 6.98. The number of likely N-dealkylation sites (tertiary alicyclic amines) is 1. The van der Waals surface area contributed by atoms with E-state index >= 15 is 0 Å². The molecule has 0 aromatic heterocycles. The molecule has 0 unspecified atom stereocenters. The van der Waals surface area contributed by atoms with Crippen LogP contribution in [-0.4, -0.2) is 41.2 Å². The third-order valence-corrected chi connectivity index (χ3v) is 9.03. The molecule has 1 N–H and O–H groups in total. The van der Waals surface area contributed by atoms with Crippen molar-refractivity contribution < 1.29 is 23.9 Å². The fourth-order valence-corrected chi connectivity index (χ4v) is 7.01. The molecule has 0 saturated carbocycles. The number of nitrogens with zero attached hydrogens (tertiary/aromatic N) is 1. The maximum Gasteiger partial charge on any atom is 0.329 e. The first-order valence-electron chi connectivity index (χ1n) is 14.4. The van der Waals surface area contributed by atoms with Crippen molar-refractivity contribution >= 4 is 29.4 Å². The Hall–Kier alpha value is -4.26. The van der Waals surface area contributed by atoms with Crippen LogP contribution in [0, 0.1) is 25.7 Å². The highest BCUT2D eigenvalue weighted by Crippen LogP contribution is 2.61. The molecule has 4 aliphatic rings. The number of imide groups is 1. The van der Waals surface area contributed by atoms with Gasteiger partial charge in [-0.3, -0.25) is 19.3 Å². The molecule has 3 aromatic carbocycles. The predicted molar refractivity (Wildman–Crippen MR) is 154 cm³/mol. The number of anilines is 1. The van der Waals surface area contributed by atoms with E-state index in [1.165, 1.54) is 4.90 Å². The van der Waals surface area contributed by atoms with E-state index in [1.54, 1.807) is 6.07 Å². The van der Waals surface area contributed by atoms with Crippen LogP contribution in [0.4, 0.5) is 5.69 Å². The van der Waals surface area contributed by atoms with Gasteiger partial charge in [-0.1, -0.05) is 74.4 Å².